The third kappa shape index (κ3) is 4.67. The predicted molar refractivity (Wildman–Crippen MR) is 110 cm³/mol. The Morgan fingerprint density at radius 3 is 1.95 bits per heavy atom. The van der Waals surface area contributed by atoms with Crippen LogP contribution >= 0.6 is 0 Å². The Balaban J connectivity index is 1.72. The maximum atomic E-state index is 14.7. The Labute approximate surface area is 200 Å². The van der Waals surface area contributed by atoms with Crippen LogP contribution in [0.4, 0.5) is 48.3 Å². The van der Waals surface area contributed by atoms with Crippen molar-refractivity contribution in [3.63, 3.8) is 0 Å². The standard InChI is InChI=1S/C25H11F11O/c1-10-2-4-14(22(30)21(10)29)11-3-5-15(16(26)7-11)25(35,36)37-13-6-12-8-18(28)20(24(32,33)34)23(31)19(12)17(27)9-13/h2-9H,1H3. The zero-order valence-corrected chi connectivity index (χ0v) is 18.2. The molecule has 0 N–H and O–H groups in total. The van der Waals surface area contributed by atoms with Crippen LogP contribution in [0.1, 0.15) is 16.7 Å². The molecule has 4 aromatic carbocycles. The molecular weight excluding hydrogens is 525 g/mol. The van der Waals surface area contributed by atoms with Gasteiger partial charge in [-0.05, 0) is 47.7 Å². The minimum atomic E-state index is -5.51. The first-order valence-electron chi connectivity index (χ1n) is 10.1. The second kappa shape index (κ2) is 8.93. The molecule has 0 atom stereocenters. The van der Waals surface area contributed by atoms with Crippen molar-refractivity contribution in [2.45, 2.75) is 19.2 Å². The molecule has 0 fully saturated rings. The van der Waals surface area contributed by atoms with Crippen molar-refractivity contribution >= 4 is 10.8 Å². The summed E-state index contributed by atoms with van der Waals surface area (Å²) in [4.78, 5) is 0. The number of halogens is 11. The van der Waals surface area contributed by atoms with E-state index in [1.807, 2.05) is 0 Å². The number of hydrogen-bond acceptors (Lipinski definition) is 1. The van der Waals surface area contributed by atoms with E-state index in [4.69, 9.17) is 0 Å². The number of ether oxygens (including phenoxy) is 1. The number of hydrogen-bond donors (Lipinski definition) is 0. The van der Waals surface area contributed by atoms with E-state index in [1.54, 1.807) is 0 Å². The molecule has 0 aliphatic heterocycles. The van der Waals surface area contributed by atoms with Gasteiger partial charge < -0.3 is 4.74 Å². The quantitative estimate of drug-likeness (QED) is 0.237. The average Bonchev–Trinajstić information content (AvgIpc) is 2.75. The molecule has 0 radical (unpaired) electrons. The summed E-state index contributed by atoms with van der Waals surface area (Å²) in [6.07, 6.45) is -10.0. The molecule has 0 aromatic heterocycles. The third-order valence-corrected chi connectivity index (χ3v) is 5.45. The second-order valence-corrected chi connectivity index (χ2v) is 7.92. The average molecular weight is 536 g/mol. The first-order chi connectivity index (χ1) is 17.1. The van der Waals surface area contributed by atoms with Crippen molar-refractivity contribution in [2.75, 3.05) is 0 Å². The molecule has 0 heterocycles. The van der Waals surface area contributed by atoms with Gasteiger partial charge in [-0.15, -0.1) is 0 Å². The van der Waals surface area contributed by atoms with E-state index in [0.29, 0.717) is 18.2 Å². The van der Waals surface area contributed by atoms with Crippen LogP contribution in [0.2, 0.25) is 0 Å². The highest BCUT2D eigenvalue weighted by atomic mass is 19.4. The molecule has 0 unspecified atom stereocenters. The molecule has 0 bridgehead atoms. The first kappa shape index (κ1) is 26.2. The van der Waals surface area contributed by atoms with Gasteiger partial charge in [0.05, 0.1) is 10.9 Å². The lowest BCUT2D eigenvalue weighted by Crippen LogP contribution is -2.23. The van der Waals surface area contributed by atoms with Crippen molar-refractivity contribution < 1.29 is 53.0 Å². The maximum Gasteiger partial charge on any atom is 0.429 e. The summed E-state index contributed by atoms with van der Waals surface area (Å²) in [5.41, 5.74) is -4.55. The molecule has 12 heteroatoms. The van der Waals surface area contributed by atoms with Crippen molar-refractivity contribution in [1.29, 1.82) is 0 Å². The van der Waals surface area contributed by atoms with E-state index in [-0.39, 0.29) is 23.3 Å². The molecule has 0 amide bonds. The lowest BCUT2D eigenvalue weighted by molar-refractivity contribution is -0.187. The summed E-state index contributed by atoms with van der Waals surface area (Å²) >= 11 is 0. The van der Waals surface area contributed by atoms with E-state index in [0.717, 1.165) is 12.1 Å². The zero-order chi connectivity index (χ0) is 27.4. The van der Waals surface area contributed by atoms with Crippen LogP contribution in [0.25, 0.3) is 21.9 Å². The number of benzene rings is 4. The molecule has 37 heavy (non-hydrogen) atoms. The van der Waals surface area contributed by atoms with Gasteiger partial charge in [0.2, 0.25) is 0 Å². The van der Waals surface area contributed by atoms with Crippen molar-refractivity contribution in [1.82, 2.24) is 0 Å². The zero-order valence-electron chi connectivity index (χ0n) is 18.2. The molecule has 4 aromatic rings. The molecule has 0 saturated carbocycles. The van der Waals surface area contributed by atoms with E-state index < -0.39 is 80.4 Å². The van der Waals surface area contributed by atoms with Crippen LogP contribution in [-0.2, 0) is 12.3 Å². The topological polar surface area (TPSA) is 9.23 Å². The van der Waals surface area contributed by atoms with Crippen molar-refractivity contribution in [3.8, 4) is 16.9 Å². The minimum absolute atomic E-state index is 0.0460. The summed E-state index contributed by atoms with van der Waals surface area (Å²) in [5, 5.41) is -2.20. The molecule has 0 aliphatic rings. The molecule has 0 saturated heterocycles. The molecule has 4 rings (SSSR count). The van der Waals surface area contributed by atoms with Gasteiger partial charge in [0, 0.05) is 11.6 Å². The molecule has 1 nitrogen and oxygen atoms in total. The summed E-state index contributed by atoms with van der Waals surface area (Å²) in [6, 6.07) is 4.75. The maximum absolute atomic E-state index is 14.7. The number of rotatable bonds is 4. The molecule has 0 spiro atoms. The van der Waals surface area contributed by atoms with Crippen molar-refractivity contribution in [2.24, 2.45) is 0 Å². The fraction of sp³-hybridized carbons (Fsp3) is 0.120. The molecular formula is C25H11F11O. The summed E-state index contributed by atoms with van der Waals surface area (Å²) in [6.45, 7) is 1.28. The van der Waals surface area contributed by atoms with Gasteiger partial charge in [-0.2, -0.15) is 22.0 Å². The summed E-state index contributed by atoms with van der Waals surface area (Å²) in [7, 11) is 0. The Morgan fingerprint density at radius 1 is 0.649 bits per heavy atom. The first-order valence-corrected chi connectivity index (χ1v) is 10.1. The van der Waals surface area contributed by atoms with Crippen LogP contribution in [0.5, 0.6) is 5.75 Å². The number of aryl methyl sites for hydroxylation is 1. The molecule has 0 aliphatic carbocycles. The van der Waals surface area contributed by atoms with Crippen LogP contribution < -0.4 is 4.74 Å². The lowest BCUT2D eigenvalue weighted by Gasteiger charge is -2.20. The van der Waals surface area contributed by atoms with Gasteiger partial charge in [-0.25, -0.2) is 26.3 Å². The minimum Gasteiger partial charge on any atom is -0.429 e. The highest BCUT2D eigenvalue weighted by molar-refractivity contribution is 5.86. The van der Waals surface area contributed by atoms with Crippen molar-refractivity contribution in [3.05, 3.63) is 100 Å². The van der Waals surface area contributed by atoms with E-state index in [9.17, 15) is 48.3 Å². The third-order valence-electron chi connectivity index (χ3n) is 5.45. The Kier molecular flexibility index (Phi) is 6.33. The number of alkyl halides is 5. The Bertz CT molecular complexity index is 1540. The predicted octanol–water partition coefficient (Wildman–Crippen LogP) is 8.80. The smallest absolute Gasteiger partial charge is 0.429 e. The second-order valence-electron chi connectivity index (χ2n) is 7.92. The SMILES string of the molecule is Cc1ccc(-c2ccc(C(F)(F)Oc3cc(F)c4c(F)c(C(F)(F)F)c(F)cc4c3)c(F)c2)c(F)c1F. The number of fused-ring (bicyclic) bond motifs is 1. The summed E-state index contributed by atoms with van der Waals surface area (Å²) < 4.78 is 158. The largest absolute Gasteiger partial charge is 0.429 e. The molecule has 194 valence electrons. The lowest BCUT2D eigenvalue weighted by atomic mass is 10.0. The summed E-state index contributed by atoms with van der Waals surface area (Å²) in [5.74, 6) is -11.5. The van der Waals surface area contributed by atoms with E-state index in [2.05, 4.69) is 4.74 Å². The van der Waals surface area contributed by atoms with Gasteiger partial charge in [0.15, 0.2) is 11.6 Å². The normalized spacial score (nSPS) is 12.3. The van der Waals surface area contributed by atoms with Crippen LogP contribution in [0, 0.1) is 41.8 Å². The highest BCUT2D eigenvalue weighted by Gasteiger charge is 2.40. The van der Waals surface area contributed by atoms with Gasteiger partial charge >= 0.3 is 12.3 Å². The fourth-order valence-corrected chi connectivity index (χ4v) is 3.70. The van der Waals surface area contributed by atoms with Crippen LogP contribution in [-0.4, -0.2) is 0 Å². The Morgan fingerprint density at radius 2 is 1.32 bits per heavy atom. The Hall–Kier alpha value is -3.83. The highest BCUT2D eigenvalue weighted by Crippen LogP contribution is 2.41. The van der Waals surface area contributed by atoms with Gasteiger partial charge in [-0.1, -0.05) is 18.2 Å². The van der Waals surface area contributed by atoms with E-state index in [1.165, 1.54) is 13.0 Å². The monoisotopic (exact) mass is 536 g/mol. The van der Waals surface area contributed by atoms with Crippen LogP contribution in [0.15, 0.2) is 48.5 Å². The van der Waals surface area contributed by atoms with Gasteiger partial charge in [0.25, 0.3) is 0 Å². The van der Waals surface area contributed by atoms with E-state index >= 15 is 0 Å². The van der Waals surface area contributed by atoms with Gasteiger partial charge in [0.1, 0.15) is 34.6 Å². The van der Waals surface area contributed by atoms with Gasteiger partial charge in [-0.3, -0.25) is 0 Å². The fourth-order valence-electron chi connectivity index (χ4n) is 3.70. The van der Waals surface area contributed by atoms with Crippen LogP contribution in [0.3, 0.4) is 0 Å².